The van der Waals surface area contributed by atoms with Crippen molar-refractivity contribution in [3.8, 4) is 0 Å². The molecule has 47 heavy (non-hydrogen) atoms. The molecule has 0 bridgehead atoms. The van der Waals surface area contributed by atoms with Crippen LogP contribution in [0.15, 0.2) is 4.99 Å². The van der Waals surface area contributed by atoms with E-state index in [0.29, 0.717) is 32.4 Å². The molecule has 2 atom stereocenters. The summed E-state index contributed by atoms with van der Waals surface area (Å²) in [5.74, 6) is -0.0260. The van der Waals surface area contributed by atoms with E-state index in [1.165, 1.54) is 128 Å². The van der Waals surface area contributed by atoms with Crippen LogP contribution >= 0.6 is 0 Å². The zero-order chi connectivity index (χ0) is 34.8. The molecule has 0 saturated heterocycles. The molecule has 0 aromatic rings. The van der Waals surface area contributed by atoms with Crippen molar-refractivity contribution >= 4 is 17.8 Å². The highest BCUT2D eigenvalue weighted by atomic mass is 16.2. The molecule has 0 aliphatic rings. The molecule has 9 N–H and O–H groups in total. The molecule has 0 spiro atoms. The lowest BCUT2D eigenvalue weighted by Crippen LogP contribution is -2.44. The Labute approximate surface area is 290 Å². The molecular formula is C38H79N7O2. The first-order chi connectivity index (χ1) is 22.8. The summed E-state index contributed by atoms with van der Waals surface area (Å²) in [6.45, 7) is 7.17. The molecule has 0 radical (unpaired) electrons. The normalized spacial score (nSPS) is 12.5. The quantitative estimate of drug-likeness (QED) is 0.0268. The number of nitrogens with zero attached hydrogens (tertiary/aromatic N) is 2. The Hall–Kier alpha value is -1.87. The molecule has 2 unspecified atom stereocenters. The van der Waals surface area contributed by atoms with Gasteiger partial charge in [-0.15, -0.1) is 0 Å². The Morgan fingerprint density at radius 2 is 0.957 bits per heavy atom. The van der Waals surface area contributed by atoms with Crippen molar-refractivity contribution < 1.29 is 9.59 Å². The minimum atomic E-state index is -0.576. The lowest BCUT2D eigenvalue weighted by atomic mass is 10.0. The van der Waals surface area contributed by atoms with Crippen molar-refractivity contribution in [2.75, 3.05) is 26.2 Å². The van der Waals surface area contributed by atoms with Crippen LogP contribution in [0.5, 0.6) is 0 Å². The molecule has 9 nitrogen and oxygen atoms in total. The topological polar surface area (TPSA) is 166 Å². The number of carbonyl (C=O) groups is 2. The van der Waals surface area contributed by atoms with Crippen LogP contribution < -0.4 is 28.3 Å². The number of amides is 2. The molecule has 0 aliphatic heterocycles. The van der Waals surface area contributed by atoms with E-state index in [9.17, 15) is 9.59 Å². The molecule has 0 aliphatic carbocycles. The Morgan fingerprint density at radius 3 is 1.38 bits per heavy atom. The van der Waals surface area contributed by atoms with Gasteiger partial charge in [0, 0.05) is 26.2 Å². The number of nitrogens with two attached hydrogens (primary N) is 4. The maximum Gasteiger partial charge on any atom is 0.239 e. The Kier molecular flexibility index (Phi) is 32.7. The average Bonchev–Trinajstić information content (AvgIpc) is 3.06. The number of aliphatic imine (C=N–C) groups is 1. The van der Waals surface area contributed by atoms with Gasteiger partial charge in [0.25, 0.3) is 0 Å². The number of rotatable bonds is 35. The van der Waals surface area contributed by atoms with Crippen LogP contribution in [0.2, 0.25) is 0 Å². The van der Waals surface area contributed by atoms with Gasteiger partial charge in [0.2, 0.25) is 11.8 Å². The van der Waals surface area contributed by atoms with Crippen molar-refractivity contribution in [3.05, 3.63) is 0 Å². The summed E-state index contributed by atoms with van der Waals surface area (Å²) in [6, 6.07) is -1.06. The summed E-state index contributed by atoms with van der Waals surface area (Å²) in [5, 5.41) is 2.90. The molecule has 2 amide bonds. The van der Waals surface area contributed by atoms with Gasteiger partial charge >= 0.3 is 0 Å². The molecule has 0 heterocycles. The SMILES string of the molecule is CCCCCCCCCCCCCCN(CCCCCCCCCCCC)C(=O)C(N)CCCCNC(=O)C(N)CCCN=C(N)N. The third kappa shape index (κ3) is 30.0. The van der Waals surface area contributed by atoms with E-state index < -0.39 is 12.1 Å². The van der Waals surface area contributed by atoms with Crippen LogP contribution in [0.3, 0.4) is 0 Å². The fourth-order valence-corrected chi connectivity index (χ4v) is 6.11. The van der Waals surface area contributed by atoms with Crippen molar-refractivity contribution in [2.45, 2.75) is 199 Å². The lowest BCUT2D eigenvalue weighted by molar-refractivity contribution is -0.133. The zero-order valence-corrected chi connectivity index (χ0v) is 31.1. The molecule has 0 saturated carbocycles. The van der Waals surface area contributed by atoms with Crippen LogP contribution in [0.4, 0.5) is 0 Å². The predicted molar refractivity (Wildman–Crippen MR) is 202 cm³/mol. The fourth-order valence-electron chi connectivity index (χ4n) is 6.11. The van der Waals surface area contributed by atoms with E-state index in [2.05, 4.69) is 29.1 Å². The van der Waals surface area contributed by atoms with E-state index >= 15 is 0 Å². The first kappa shape index (κ1) is 45.1. The summed E-state index contributed by atoms with van der Waals surface area (Å²) in [6.07, 6.45) is 32.0. The van der Waals surface area contributed by atoms with E-state index in [1.807, 2.05) is 0 Å². The van der Waals surface area contributed by atoms with Gasteiger partial charge in [0.1, 0.15) is 0 Å². The van der Waals surface area contributed by atoms with Gasteiger partial charge in [-0.1, -0.05) is 142 Å². The first-order valence-electron chi connectivity index (χ1n) is 20.0. The lowest BCUT2D eigenvalue weighted by Gasteiger charge is -2.26. The highest BCUT2D eigenvalue weighted by molar-refractivity contribution is 5.82. The van der Waals surface area contributed by atoms with E-state index in [4.69, 9.17) is 22.9 Å². The average molecular weight is 666 g/mol. The largest absolute Gasteiger partial charge is 0.370 e. The number of hydrogen-bond donors (Lipinski definition) is 5. The second kappa shape index (κ2) is 34.0. The maximum atomic E-state index is 13.4. The van der Waals surface area contributed by atoms with Crippen LogP contribution in [-0.2, 0) is 9.59 Å². The van der Waals surface area contributed by atoms with E-state index in [-0.39, 0.29) is 17.8 Å². The van der Waals surface area contributed by atoms with Crippen molar-refractivity contribution in [2.24, 2.45) is 27.9 Å². The van der Waals surface area contributed by atoms with Crippen LogP contribution in [0.25, 0.3) is 0 Å². The number of carbonyl (C=O) groups excluding carboxylic acids is 2. The summed E-state index contributed by atoms with van der Waals surface area (Å²) < 4.78 is 0. The summed E-state index contributed by atoms with van der Waals surface area (Å²) in [5.41, 5.74) is 23.0. The van der Waals surface area contributed by atoms with Crippen LogP contribution in [0.1, 0.15) is 187 Å². The monoisotopic (exact) mass is 666 g/mol. The first-order valence-corrected chi connectivity index (χ1v) is 20.0. The number of nitrogens with one attached hydrogen (secondary N) is 1. The Balaban J connectivity index is 4.40. The third-order valence-electron chi connectivity index (χ3n) is 9.24. The van der Waals surface area contributed by atoms with Gasteiger partial charge in [0.05, 0.1) is 12.1 Å². The second-order valence-electron chi connectivity index (χ2n) is 13.8. The Bertz CT molecular complexity index is 746. The maximum absolute atomic E-state index is 13.4. The van der Waals surface area contributed by atoms with Crippen LogP contribution in [0, 0.1) is 0 Å². The van der Waals surface area contributed by atoms with Gasteiger partial charge in [-0.05, 0) is 44.9 Å². The fraction of sp³-hybridized carbons (Fsp3) is 0.921. The molecule has 0 aromatic heterocycles. The van der Waals surface area contributed by atoms with E-state index in [1.54, 1.807) is 0 Å². The molecule has 0 aromatic carbocycles. The number of hydrogen-bond acceptors (Lipinski definition) is 5. The molecule has 0 fully saturated rings. The summed E-state index contributed by atoms with van der Waals surface area (Å²) in [4.78, 5) is 31.6. The van der Waals surface area contributed by atoms with E-state index in [0.717, 1.165) is 38.8 Å². The third-order valence-corrected chi connectivity index (χ3v) is 9.24. The highest BCUT2D eigenvalue weighted by Crippen LogP contribution is 2.14. The van der Waals surface area contributed by atoms with Crippen molar-refractivity contribution in [1.29, 1.82) is 0 Å². The molecule has 0 rings (SSSR count). The number of unbranched alkanes of at least 4 members (excludes halogenated alkanes) is 21. The standard InChI is InChI=1S/C38H79N7O2/c1-3-5-7-9-11-13-15-16-18-20-22-26-33-45(32-25-21-19-17-14-12-10-8-6-4-2)37(47)35(40)28-23-24-30-43-36(46)34(39)29-27-31-44-38(41)42/h34-35H,3-33,39-40H2,1-2H3,(H,43,46)(H4,41,42,44). The van der Waals surface area contributed by atoms with Crippen molar-refractivity contribution in [1.82, 2.24) is 10.2 Å². The van der Waals surface area contributed by atoms with Gasteiger partial charge in [-0.3, -0.25) is 14.6 Å². The van der Waals surface area contributed by atoms with Gasteiger partial charge in [-0.2, -0.15) is 0 Å². The smallest absolute Gasteiger partial charge is 0.239 e. The van der Waals surface area contributed by atoms with Gasteiger partial charge in [0.15, 0.2) is 5.96 Å². The van der Waals surface area contributed by atoms with Gasteiger partial charge < -0.3 is 33.2 Å². The number of guanidine groups is 1. The Morgan fingerprint density at radius 1 is 0.553 bits per heavy atom. The molecular weight excluding hydrogens is 586 g/mol. The predicted octanol–water partition coefficient (Wildman–Crippen LogP) is 7.43. The zero-order valence-electron chi connectivity index (χ0n) is 31.1. The summed E-state index contributed by atoms with van der Waals surface area (Å²) >= 11 is 0. The van der Waals surface area contributed by atoms with Crippen molar-refractivity contribution in [3.63, 3.8) is 0 Å². The minimum Gasteiger partial charge on any atom is -0.370 e. The van der Waals surface area contributed by atoms with Crippen LogP contribution in [-0.4, -0.2) is 60.9 Å². The van der Waals surface area contributed by atoms with Gasteiger partial charge in [-0.25, -0.2) is 0 Å². The highest BCUT2D eigenvalue weighted by Gasteiger charge is 2.20. The minimum absolute atomic E-state index is 0.0472. The summed E-state index contributed by atoms with van der Waals surface area (Å²) in [7, 11) is 0. The molecule has 9 heteroatoms. The molecule has 278 valence electrons. The second-order valence-corrected chi connectivity index (χ2v) is 13.8.